The maximum atomic E-state index is 3.43. The molecule has 0 spiro atoms. The Bertz CT molecular complexity index is 550. The fourth-order valence-corrected chi connectivity index (χ4v) is 2.10. The van der Waals surface area contributed by atoms with Crippen LogP contribution in [0.3, 0.4) is 0 Å². The monoisotopic (exact) mass is 265 g/mol. The van der Waals surface area contributed by atoms with E-state index in [4.69, 9.17) is 0 Å². The normalized spacial score (nSPS) is 11.9. The molecule has 0 aliphatic carbocycles. The quantitative estimate of drug-likeness (QED) is 0.822. The second-order valence-corrected chi connectivity index (χ2v) is 5.51. The first-order valence-electron chi connectivity index (χ1n) is 7.21. The van der Waals surface area contributed by atoms with Gasteiger partial charge in [-0.3, -0.25) is 0 Å². The molecule has 0 fully saturated rings. The Morgan fingerprint density at radius 2 is 1.55 bits per heavy atom. The first-order valence-corrected chi connectivity index (χ1v) is 7.21. The summed E-state index contributed by atoms with van der Waals surface area (Å²) in [5.74, 6) is 0. The van der Waals surface area contributed by atoms with Gasteiger partial charge >= 0.3 is 0 Å². The van der Waals surface area contributed by atoms with E-state index in [1.807, 2.05) is 6.07 Å². The van der Waals surface area contributed by atoms with E-state index in [0.29, 0.717) is 6.04 Å². The van der Waals surface area contributed by atoms with Gasteiger partial charge in [-0.15, -0.1) is 0 Å². The molecule has 0 radical (unpaired) electrons. The molecule has 1 N–H and O–H groups in total. The Morgan fingerprint density at radius 1 is 0.950 bits per heavy atom. The fraction of sp³-hybridized carbons (Fsp3) is 0.263. The van der Waals surface area contributed by atoms with E-state index >= 15 is 0 Å². The van der Waals surface area contributed by atoms with Crippen LogP contribution in [0.25, 0.3) is 17.2 Å². The third kappa shape index (κ3) is 4.36. The standard InChI is InChI=1S/C19H23N/c1-15(2)20-14-16(3)13-17-9-11-19(12-10-17)18-7-5-4-6-8-18/h4-13,15,20H,14H2,1-3H3. The minimum Gasteiger partial charge on any atom is -0.311 e. The van der Waals surface area contributed by atoms with Crippen molar-refractivity contribution in [1.82, 2.24) is 5.32 Å². The Hall–Kier alpha value is -1.86. The van der Waals surface area contributed by atoms with Crippen molar-refractivity contribution in [3.05, 3.63) is 65.7 Å². The maximum Gasteiger partial charge on any atom is 0.0167 e. The lowest BCUT2D eigenvalue weighted by Crippen LogP contribution is -2.24. The molecule has 20 heavy (non-hydrogen) atoms. The minimum absolute atomic E-state index is 0.527. The van der Waals surface area contributed by atoms with Crippen molar-refractivity contribution in [2.75, 3.05) is 6.54 Å². The van der Waals surface area contributed by atoms with Crippen LogP contribution in [0.5, 0.6) is 0 Å². The highest BCUT2D eigenvalue weighted by Gasteiger charge is 1.97. The fourth-order valence-electron chi connectivity index (χ4n) is 2.10. The average molecular weight is 265 g/mol. The van der Waals surface area contributed by atoms with E-state index in [2.05, 4.69) is 80.7 Å². The smallest absolute Gasteiger partial charge is 0.0167 e. The Balaban J connectivity index is 2.07. The van der Waals surface area contributed by atoms with Gasteiger partial charge in [-0.05, 0) is 23.6 Å². The van der Waals surface area contributed by atoms with Crippen LogP contribution in [0.2, 0.25) is 0 Å². The van der Waals surface area contributed by atoms with E-state index in [0.717, 1.165) is 6.54 Å². The van der Waals surface area contributed by atoms with E-state index < -0.39 is 0 Å². The zero-order valence-electron chi connectivity index (χ0n) is 12.6. The van der Waals surface area contributed by atoms with Gasteiger partial charge in [0.25, 0.3) is 0 Å². The van der Waals surface area contributed by atoms with E-state index in [1.54, 1.807) is 0 Å². The molecule has 1 heteroatoms. The van der Waals surface area contributed by atoms with Crippen LogP contribution >= 0.6 is 0 Å². The molecular weight excluding hydrogens is 242 g/mol. The lowest BCUT2D eigenvalue weighted by atomic mass is 10.0. The SMILES string of the molecule is CC(=Cc1ccc(-c2ccccc2)cc1)CNC(C)C. The number of rotatable bonds is 5. The summed E-state index contributed by atoms with van der Waals surface area (Å²) in [5, 5.41) is 3.43. The molecule has 0 aliphatic rings. The summed E-state index contributed by atoms with van der Waals surface area (Å²) in [6.45, 7) is 7.45. The maximum absolute atomic E-state index is 3.43. The molecule has 104 valence electrons. The van der Waals surface area contributed by atoms with Gasteiger partial charge in [-0.1, -0.05) is 80.1 Å². The van der Waals surface area contributed by atoms with Crippen LogP contribution in [-0.2, 0) is 0 Å². The second kappa shape index (κ2) is 7.06. The summed E-state index contributed by atoms with van der Waals surface area (Å²) in [6.07, 6.45) is 2.24. The molecule has 0 amide bonds. The second-order valence-electron chi connectivity index (χ2n) is 5.51. The van der Waals surface area contributed by atoms with Gasteiger partial charge < -0.3 is 5.32 Å². The highest BCUT2D eigenvalue weighted by atomic mass is 14.9. The van der Waals surface area contributed by atoms with Gasteiger partial charge in [-0.25, -0.2) is 0 Å². The lowest BCUT2D eigenvalue weighted by Gasteiger charge is -2.08. The number of nitrogens with one attached hydrogen (secondary N) is 1. The third-order valence-electron chi connectivity index (χ3n) is 3.22. The molecule has 2 aromatic carbocycles. The van der Waals surface area contributed by atoms with E-state index in [9.17, 15) is 0 Å². The van der Waals surface area contributed by atoms with Gasteiger partial charge in [0.1, 0.15) is 0 Å². The van der Waals surface area contributed by atoms with Crippen LogP contribution in [0, 0.1) is 0 Å². The van der Waals surface area contributed by atoms with Crippen LogP contribution in [-0.4, -0.2) is 12.6 Å². The van der Waals surface area contributed by atoms with Crippen molar-refractivity contribution >= 4 is 6.08 Å². The molecule has 0 bridgehead atoms. The Labute approximate surface area is 122 Å². The highest BCUT2D eigenvalue weighted by Crippen LogP contribution is 2.20. The summed E-state index contributed by atoms with van der Waals surface area (Å²) in [6, 6.07) is 19.7. The van der Waals surface area contributed by atoms with Crippen molar-refractivity contribution in [2.45, 2.75) is 26.8 Å². The van der Waals surface area contributed by atoms with Gasteiger partial charge in [0.05, 0.1) is 0 Å². The predicted octanol–water partition coefficient (Wildman–Crippen LogP) is 4.75. The number of benzene rings is 2. The van der Waals surface area contributed by atoms with Crippen LogP contribution < -0.4 is 5.32 Å². The minimum atomic E-state index is 0.527. The zero-order valence-corrected chi connectivity index (χ0v) is 12.6. The first kappa shape index (κ1) is 14.5. The molecule has 0 unspecified atom stereocenters. The van der Waals surface area contributed by atoms with Crippen molar-refractivity contribution in [3.63, 3.8) is 0 Å². The molecule has 2 rings (SSSR count). The van der Waals surface area contributed by atoms with Crippen LogP contribution in [0.4, 0.5) is 0 Å². The molecular formula is C19H23N. The van der Waals surface area contributed by atoms with Crippen molar-refractivity contribution in [1.29, 1.82) is 0 Å². The molecule has 0 atom stereocenters. The van der Waals surface area contributed by atoms with Gasteiger partial charge in [0.2, 0.25) is 0 Å². The Kier molecular flexibility index (Phi) is 5.14. The zero-order chi connectivity index (χ0) is 14.4. The van der Waals surface area contributed by atoms with Gasteiger partial charge in [-0.2, -0.15) is 0 Å². The summed E-state index contributed by atoms with van der Waals surface area (Å²) in [5.41, 5.74) is 5.14. The summed E-state index contributed by atoms with van der Waals surface area (Å²) in [7, 11) is 0. The molecule has 0 saturated carbocycles. The summed E-state index contributed by atoms with van der Waals surface area (Å²) in [4.78, 5) is 0. The van der Waals surface area contributed by atoms with Crippen molar-refractivity contribution in [3.8, 4) is 11.1 Å². The van der Waals surface area contributed by atoms with Crippen LogP contribution in [0.15, 0.2) is 60.2 Å². The highest BCUT2D eigenvalue weighted by molar-refractivity contribution is 5.66. The molecule has 0 heterocycles. The topological polar surface area (TPSA) is 12.0 Å². The van der Waals surface area contributed by atoms with Gasteiger partial charge in [0, 0.05) is 12.6 Å². The summed E-state index contributed by atoms with van der Waals surface area (Å²) < 4.78 is 0. The van der Waals surface area contributed by atoms with Gasteiger partial charge in [0.15, 0.2) is 0 Å². The lowest BCUT2D eigenvalue weighted by molar-refractivity contribution is 0.623. The predicted molar refractivity (Wildman–Crippen MR) is 88.7 cm³/mol. The van der Waals surface area contributed by atoms with Crippen molar-refractivity contribution < 1.29 is 0 Å². The molecule has 2 aromatic rings. The molecule has 0 aromatic heterocycles. The first-order chi connectivity index (χ1) is 9.65. The third-order valence-corrected chi connectivity index (χ3v) is 3.22. The van der Waals surface area contributed by atoms with E-state index in [-0.39, 0.29) is 0 Å². The summed E-state index contributed by atoms with van der Waals surface area (Å²) >= 11 is 0. The molecule has 1 nitrogen and oxygen atoms in total. The average Bonchev–Trinajstić information content (AvgIpc) is 2.47. The molecule has 0 saturated heterocycles. The largest absolute Gasteiger partial charge is 0.311 e. The Morgan fingerprint density at radius 3 is 2.15 bits per heavy atom. The van der Waals surface area contributed by atoms with E-state index in [1.165, 1.54) is 22.3 Å². The number of hydrogen-bond acceptors (Lipinski definition) is 1. The number of hydrogen-bond donors (Lipinski definition) is 1. The van der Waals surface area contributed by atoms with Crippen molar-refractivity contribution in [2.24, 2.45) is 0 Å². The molecule has 0 aliphatic heterocycles. The van der Waals surface area contributed by atoms with Crippen LogP contribution in [0.1, 0.15) is 26.3 Å².